The largest absolute Gasteiger partial charge is 0.463 e. The maximum Gasteiger partial charge on any atom is 0.335 e. The Hall–Kier alpha value is -1.32. The highest BCUT2D eigenvalue weighted by atomic mass is 16.5. The summed E-state index contributed by atoms with van der Waals surface area (Å²) in [5.74, 6) is -0.545. The smallest absolute Gasteiger partial charge is 0.335 e. The van der Waals surface area contributed by atoms with Crippen molar-refractivity contribution in [2.45, 2.75) is 39.2 Å². The fourth-order valence-electron chi connectivity index (χ4n) is 1.48. The van der Waals surface area contributed by atoms with Gasteiger partial charge in [0.05, 0.1) is 6.61 Å². The van der Waals surface area contributed by atoms with Crippen LogP contribution in [0.25, 0.3) is 0 Å². The number of nitrogens with one attached hydrogen (secondary N) is 1. The highest BCUT2D eigenvalue weighted by Crippen LogP contribution is 2.24. The van der Waals surface area contributed by atoms with E-state index in [0.717, 1.165) is 0 Å². The highest BCUT2D eigenvalue weighted by molar-refractivity contribution is 5.93. The number of rotatable bonds is 3. The van der Waals surface area contributed by atoms with Gasteiger partial charge in [0.2, 0.25) is 5.91 Å². The van der Waals surface area contributed by atoms with E-state index in [-0.39, 0.29) is 11.3 Å². The number of hydrogen-bond acceptors (Lipinski definition) is 3. The zero-order valence-electron chi connectivity index (χ0n) is 10.1. The fraction of sp³-hybridized carbons (Fsp3) is 0.667. The third kappa shape index (κ3) is 2.84. The summed E-state index contributed by atoms with van der Waals surface area (Å²) < 4.78 is 5.21. The zero-order chi connectivity index (χ0) is 12.4. The maximum atomic E-state index is 11.9. The zero-order valence-corrected chi connectivity index (χ0v) is 10.1. The first-order chi connectivity index (χ1) is 7.29. The van der Waals surface area contributed by atoms with Crippen LogP contribution in [0.3, 0.4) is 0 Å². The molecule has 1 rings (SSSR count). The van der Waals surface area contributed by atoms with Gasteiger partial charge in [-0.15, -0.1) is 6.58 Å². The third-order valence-corrected chi connectivity index (χ3v) is 2.46. The Morgan fingerprint density at radius 1 is 1.62 bits per heavy atom. The number of carbonyl (C=O) groups excluding carboxylic acids is 2. The standard InChI is InChI=1S/C12H19NO3/c1-5-12(7-6-9(14)13-12)10(15)16-8-11(2,3)4/h5H,1,6-8H2,2-4H3,(H,13,14)/t12-/m0/s1. The first-order valence-corrected chi connectivity index (χ1v) is 5.41. The van der Waals surface area contributed by atoms with Crippen LogP contribution < -0.4 is 5.32 Å². The predicted molar refractivity (Wildman–Crippen MR) is 60.7 cm³/mol. The molecule has 1 saturated heterocycles. The third-order valence-electron chi connectivity index (χ3n) is 2.46. The second-order valence-electron chi connectivity index (χ2n) is 5.36. The highest BCUT2D eigenvalue weighted by Gasteiger charge is 2.43. The summed E-state index contributed by atoms with van der Waals surface area (Å²) in [6.07, 6.45) is 2.23. The van der Waals surface area contributed by atoms with Gasteiger partial charge in [-0.2, -0.15) is 0 Å². The number of amides is 1. The lowest BCUT2D eigenvalue weighted by molar-refractivity contribution is -0.152. The van der Waals surface area contributed by atoms with Crippen LogP contribution in [0.15, 0.2) is 12.7 Å². The molecule has 0 unspecified atom stereocenters. The lowest BCUT2D eigenvalue weighted by Gasteiger charge is -2.25. The van der Waals surface area contributed by atoms with Gasteiger partial charge in [0.25, 0.3) is 0 Å². The Bertz CT molecular complexity index is 317. The lowest BCUT2D eigenvalue weighted by atomic mass is 9.96. The van der Waals surface area contributed by atoms with E-state index in [4.69, 9.17) is 4.74 Å². The van der Waals surface area contributed by atoms with Crippen LogP contribution in [0.5, 0.6) is 0 Å². The van der Waals surface area contributed by atoms with Crippen molar-refractivity contribution in [3.8, 4) is 0 Å². The Balaban J connectivity index is 2.64. The van der Waals surface area contributed by atoms with E-state index in [1.165, 1.54) is 6.08 Å². The van der Waals surface area contributed by atoms with Gasteiger partial charge in [-0.25, -0.2) is 4.79 Å². The van der Waals surface area contributed by atoms with Crippen molar-refractivity contribution in [2.24, 2.45) is 5.41 Å². The van der Waals surface area contributed by atoms with Crippen LogP contribution in [-0.4, -0.2) is 24.0 Å². The predicted octanol–water partition coefficient (Wildman–Crippen LogP) is 1.41. The van der Waals surface area contributed by atoms with Gasteiger partial charge in [-0.05, 0) is 11.8 Å². The SMILES string of the molecule is C=C[C@@]1(C(=O)OCC(C)(C)C)CCC(=O)N1. The molecule has 1 atom stereocenters. The van der Waals surface area contributed by atoms with Crippen molar-refractivity contribution in [3.63, 3.8) is 0 Å². The minimum Gasteiger partial charge on any atom is -0.463 e. The summed E-state index contributed by atoms with van der Waals surface area (Å²) in [5.41, 5.74) is -1.09. The number of carbonyl (C=O) groups is 2. The van der Waals surface area contributed by atoms with Gasteiger partial charge in [0, 0.05) is 6.42 Å². The van der Waals surface area contributed by atoms with Crippen molar-refractivity contribution in [2.75, 3.05) is 6.61 Å². The maximum absolute atomic E-state index is 11.9. The Morgan fingerprint density at radius 2 is 2.25 bits per heavy atom. The summed E-state index contributed by atoms with van der Waals surface area (Å²) in [6, 6.07) is 0. The Labute approximate surface area is 96.0 Å². The molecule has 1 fully saturated rings. The number of hydrogen-bond donors (Lipinski definition) is 1. The van der Waals surface area contributed by atoms with E-state index in [9.17, 15) is 9.59 Å². The van der Waals surface area contributed by atoms with E-state index in [1.54, 1.807) is 0 Å². The molecule has 0 saturated carbocycles. The van der Waals surface area contributed by atoms with Gasteiger partial charge < -0.3 is 10.1 Å². The minimum absolute atomic E-state index is 0.0827. The van der Waals surface area contributed by atoms with E-state index < -0.39 is 11.5 Å². The quantitative estimate of drug-likeness (QED) is 0.583. The molecule has 90 valence electrons. The average Bonchev–Trinajstić information content (AvgIpc) is 2.56. The molecular formula is C12H19NO3. The monoisotopic (exact) mass is 225 g/mol. The topological polar surface area (TPSA) is 55.4 Å². The number of esters is 1. The Kier molecular flexibility index (Phi) is 3.41. The molecule has 0 spiro atoms. The minimum atomic E-state index is -1.01. The van der Waals surface area contributed by atoms with Gasteiger partial charge in [-0.1, -0.05) is 26.8 Å². The Morgan fingerprint density at radius 3 is 2.62 bits per heavy atom. The summed E-state index contributed by atoms with van der Waals surface area (Å²) in [4.78, 5) is 23.0. The fourth-order valence-corrected chi connectivity index (χ4v) is 1.48. The molecular weight excluding hydrogens is 206 g/mol. The molecule has 4 nitrogen and oxygen atoms in total. The molecule has 0 bridgehead atoms. The van der Waals surface area contributed by atoms with Gasteiger partial charge in [0.1, 0.15) is 0 Å². The van der Waals surface area contributed by atoms with Crippen molar-refractivity contribution >= 4 is 11.9 Å². The summed E-state index contributed by atoms with van der Waals surface area (Å²) in [5, 5.41) is 2.62. The van der Waals surface area contributed by atoms with Crippen LogP contribution in [0.2, 0.25) is 0 Å². The van der Waals surface area contributed by atoms with Gasteiger partial charge in [-0.3, -0.25) is 4.79 Å². The van der Waals surface area contributed by atoms with Crippen molar-refractivity contribution < 1.29 is 14.3 Å². The van der Waals surface area contributed by atoms with Crippen LogP contribution in [0, 0.1) is 5.41 Å². The van der Waals surface area contributed by atoms with E-state index in [1.807, 2.05) is 20.8 Å². The van der Waals surface area contributed by atoms with Crippen molar-refractivity contribution in [3.05, 3.63) is 12.7 Å². The van der Waals surface area contributed by atoms with Crippen LogP contribution in [-0.2, 0) is 14.3 Å². The van der Waals surface area contributed by atoms with Crippen LogP contribution >= 0.6 is 0 Å². The number of ether oxygens (including phenoxy) is 1. The average molecular weight is 225 g/mol. The molecule has 16 heavy (non-hydrogen) atoms. The molecule has 4 heteroatoms. The molecule has 1 heterocycles. The second-order valence-corrected chi connectivity index (χ2v) is 5.36. The molecule has 1 aliphatic heterocycles. The molecule has 0 aromatic rings. The van der Waals surface area contributed by atoms with E-state index in [2.05, 4.69) is 11.9 Å². The second kappa shape index (κ2) is 4.28. The summed E-state index contributed by atoms with van der Waals surface area (Å²) >= 11 is 0. The normalized spacial score (nSPS) is 25.1. The van der Waals surface area contributed by atoms with Gasteiger partial charge in [0.15, 0.2) is 5.54 Å². The van der Waals surface area contributed by atoms with E-state index in [0.29, 0.717) is 19.4 Å². The summed E-state index contributed by atoms with van der Waals surface area (Å²) in [6.45, 7) is 9.87. The molecule has 1 aliphatic rings. The van der Waals surface area contributed by atoms with Crippen molar-refractivity contribution in [1.29, 1.82) is 0 Å². The first kappa shape index (κ1) is 12.7. The van der Waals surface area contributed by atoms with Crippen LogP contribution in [0.4, 0.5) is 0 Å². The first-order valence-electron chi connectivity index (χ1n) is 5.41. The molecule has 1 amide bonds. The van der Waals surface area contributed by atoms with Gasteiger partial charge >= 0.3 is 5.97 Å². The molecule has 0 radical (unpaired) electrons. The molecule has 0 aromatic carbocycles. The molecule has 0 aliphatic carbocycles. The summed E-state index contributed by atoms with van der Waals surface area (Å²) in [7, 11) is 0. The molecule has 1 N–H and O–H groups in total. The van der Waals surface area contributed by atoms with Crippen LogP contribution in [0.1, 0.15) is 33.6 Å². The van der Waals surface area contributed by atoms with Crippen molar-refractivity contribution in [1.82, 2.24) is 5.32 Å². The van der Waals surface area contributed by atoms with E-state index >= 15 is 0 Å². The molecule has 0 aromatic heterocycles. The lowest BCUT2D eigenvalue weighted by Crippen LogP contribution is -2.48.